The molecule has 0 aliphatic heterocycles. The maximum absolute atomic E-state index is 3.60. The van der Waals surface area contributed by atoms with Crippen molar-refractivity contribution in [1.82, 2.24) is 0 Å². The average molecular weight is 191 g/mol. The minimum atomic E-state index is 0.846. The molecule has 0 atom stereocenters. The second-order valence-corrected chi connectivity index (χ2v) is 3.38. The van der Waals surface area contributed by atoms with Gasteiger partial charge in [0.15, 0.2) is 0 Å². The zero-order chi connectivity index (χ0) is 5.11. The summed E-state index contributed by atoms with van der Waals surface area (Å²) in [4.78, 5) is 0. The molecule has 1 heteroatoms. The summed E-state index contributed by atoms with van der Waals surface area (Å²) in [5.41, 5.74) is 0. The Balaban J connectivity index is 2.12. The van der Waals surface area contributed by atoms with Crippen molar-refractivity contribution in [2.24, 2.45) is 0 Å². The summed E-state index contributed by atoms with van der Waals surface area (Å²) in [7, 11) is 0. The van der Waals surface area contributed by atoms with Crippen LogP contribution in [0.2, 0.25) is 4.14 Å². The quantitative estimate of drug-likeness (QED) is 0.515. The molecule has 0 aromatic carbocycles. The van der Waals surface area contributed by atoms with Crippen LogP contribution in [0, 0.1) is 0 Å². The molecule has 7 heavy (non-hydrogen) atoms. The first kappa shape index (κ1) is 5.87. The van der Waals surface area contributed by atoms with Gasteiger partial charge in [0.25, 0.3) is 0 Å². The summed E-state index contributed by atoms with van der Waals surface area (Å²) in [5, 5.41) is 0. The fraction of sp³-hybridized carbons (Fsp3) is 1.00. The van der Waals surface area contributed by atoms with Crippen LogP contribution in [0.5, 0.6) is 0 Å². The van der Waals surface area contributed by atoms with Gasteiger partial charge in [-0.3, -0.25) is 0 Å². The predicted molar refractivity (Wildman–Crippen MR) is 26.8 cm³/mol. The molecule has 0 aromatic heterocycles. The third-order valence-corrected chi connectivity index (χ3v) is 2.35. The molecule has 0 N–H and O–H groups in total. The van der Waals surface area contributed by atoms with Crippen LogP contribution in [-0.4, -0.2) is 0 Å². The van der Waals surface area contributed by atoms with Gasteiger partial charge in [-0.2, -0.15) is 0 Å². The molecular formula is C6H11Ag. The van der Waals surface area contributed by atoms with Crippen molar-refractivity contribution >= 4 is 0 Å². The Bertz CT molecular complexity index is 46.1. The van der Waals surface area contributed by atoms with Crippen molar-refractivity contribution in [2.75, 3.05) is 0 Å². The van der Waals surface area contributed by atoms with Crippen LogP contribution >= 0.6 is 0 Å². The normalized spacial score (nSPS) is 25.4. The van der Waals surface area contributed by atoms with Gasteiger partial charge in [0, 0.05) is 0 Å². The molecule has 0 bridgehead atoms. The maximum atomic E-state index is 3.60. The van der Waals surface area contributed by atoms with Gasteiger partial charge in [0.05, 0.1) is 0 Å². The van der Waals surface area contributed by atoms with Crippen LogP contribution < -0.4 is 0 Å². The van der Waals surface area contributed by atoms with Gasteiger partial charge in [0.1, 0.15) is 0 Å². The van der Waals surface area contributed by atoms with E-state index in [1.54, 1.807) is 0 Å². The Kier molecular flexibility index (Phi) is 2.44. The van der Waals surface area contributed by atoms with Gasteiger partial charge in [0.2, 0.25) is 0 Å². The summed E-state index contributed by atoms with van der Waals surface area (Å²) in [6.07, 6.45) is 7.14. The van der Waals surface area contributed by atoms with Crippen molar-refractivity contribution in [3.05, 3.63) is 0 Å². The third-order valence-electron chi connectivity index (χ3n) is 1.49. The second kappa shape index (κ2) is 2.91. The molecule has 0 radical (unpaired) electrons. The predicted octanol–water partition coefficient (Wildman–Crippen LogP) is 2.29. The van der Waals surface area contributed by atoms with E-state index in [-0.39, 0.29) is 0 Å². The van der Waals surface area contributed by atoms with E-state index in [2.05, 4.69) is 21.1 Å². The molecule has 1 aliphatic carbocycles. The summed E-state index contributed by atoms with van der Waals surface area (Å²) in [6, 6.07) is 0. The Labute approximate surface area is 57.6 Å². The molecule has 0 heterocycles. The first-order valence-corrected chi connectivity index (χ1v) is 3.85. The van der Waals surface area contributed by atoms with Crippen molar-refractivity contribution in [2.45, 2.75) is 36.2 Å². The molecule has 0 amide bonds. The summed E-state index contributed by atoms with van der Waals surface area (Å²) in [6.45, 7) is 0. The average Bonchev–Trinajstić information content (AvgIpc) is 1.69. The van der Waals surface area contributed by atoms with E-state index < -0.39 is 0 Å². The fourth-order valence-corrected chi connectivity index (χ4v) is 1.63. The molecule has 1 rings (SSSR count). The standard InChI is InChI=1S/C6H11.Ag/c1-2-4-6-5-3-1;/h1H,2-6H2;. The van der Waals surface area contributed by atoms with E-state index in [9.17, 15) is 0 Å². The molecule has 1 fully saturated rings. The van der Waals surface area contributed by atoms with E-state index in [0.717, 1.165) is 4.14 Å². The molecule has 1 aliphatic rings. The van der Waals surface area contributed by atoms with E-state index in [0.29, 0.717) is 0 Å². The van der Waals surface area contributed by atoms with Gasteiger partial charge >= 0.3 is 57.3 Å². The molecule has 0 nitrogen and oxygen atoms in total. The summed E-state index contributed by atoms with van der Waals surface area (Å²) in [5.74, 6) is 0. The number of rotatable bonds is 0. The second-order valence-electron chi connectivity index (χ2n) is 2.17. The SMILES string of the molecule is [Ag][CH]1CCCCC1. The van der Waals surface area contributed by atoms with Crippen molar-refractivity contribution in [1.29, 1.82) is 0 Å². The third kappa shape index (κ3) is 1.98. The summed E-state index contributed by atoms with van der Waals surface area (Å²) >= 11 is 3.60. The minimum absolute atomic E-state index is 0.846. The zero-order valence-corrected chi connectivity index (χ0v) is 5.90. The van der Waals surface area contributed by atoms with Crippen LogP contribution in [-0.2, 0) is 21.1 Å². The Morgan fingerprint density at radius 2 is 1.57 bits per heavy atom. The van der Waals surface area contributed by atoms with Crippen molar-refractivity contribution in [3.63, 3.8) is 0 Å². The number of hydrogen-bond acceptors (Lipinski definition) is 0. The van der Waals surface area contributed by atoms with Crippen molar-refractivity contribution < 1.29 is 21.1 Å². The van der Waals surface area contributed by atoms with E-state index in [1.807, 2.05) is 0 Å². The molecule has 0 spiro atoms. The van der Waals surface area contributed by atoms with Gasteiger partial charge in [-0.15, -0.1) is 0 Å². The van der Waals surface area contributed by atoms with Crippen LogP contribution in [0.3, 0.4) is 0 Å². The van der Waals surface area contributed by atoms with Gasteiger partial charge in [-0.05, 0) is 0 Å². The van der Waals surface area contributed by atoms with Gasteiger partial charge in [-0.1, -0.05) is 0 Å². The van der Waals surface area contributed by atoms with Gasteiger partial charge < -0.3 is 0 Å². The number of hydrogen-bond donors (Lipinski definition) is 0. The fourth-order valence-electron chi connectivity index (χ4n) is 1.02. The molecule has 46 valence electrons. The van der Waals surface area contributed by atoms with E-state index in [1.165, 1.54) is 32.1 Å². The Morgan fingerprint density at radius 1 is 1.00 bits per heavy atom. The van der Waals surface area contributed by atoms with Gasteiger partial charge in [-0.25, -0.2) is 0 Å². The first-order valence-electron chi connectivity index (χ1n) is 2.99. The monoisotopic (exact) mass is 190 g/mol. The Hall–Kier alpha value is 0.740. The molecular weight excluding hydrogens is 180 g/mol. The molecule has 0 aromatic rings. The molecule has 0 saturated heterocycles. The van der Waals surface area contributed by atoms with Crippen LogP contribution in [0.15, 0.2) is 0 Å². The first-order chi connectivity index (χ1) is 3.39. The topological polar surface area (TPSA) is 0 Å². The zero-order valence-electron chi connectivity index (χ0n) is 4.41. The van der Waals surface area contributed by atoms with Crippen molar-refractivity contribution in [3.8, 4) is 0 Å². The van der Waals surface area contributed by atoms with Crippen LogP contribution in [0.4, 0.5) is 0 Å². The van der Waals surface area contributed by atoms with E-state index >= 15 is 0 Å². The van der Waals surface area contributed by atoms with E-state index in [4.69, 9.17) is 0 Å². The Morgan fingerprint density at radius 3 is 1.86 bits per heavy atom. The van der Waals surface area contributed by atoms with Crippen LogP contribution in [0.25, 0.3) is 0 Å². The molecule has 1 saturated carbocycles. The van der Waals surface area contributed by atoms with Crippen LogP contribution in [0.1, 0.15) is 32.1 Å². The molecule has 0 unspecified atom stereocenters. The summed E-state index contributed by atoms with van der Waals surface area (Å²) < 4.78 is 0.846.